The molecule has 0 spiro atoms. The molecule has 2 aromatic carbocycles. The predicted octanol–water partition coefficient (Wildman–Crippen LogP) is 3.16. The second-order valence-electron chi connectivity index (χ2n) is 6.56. The second kappa shape index (κ2) is 10.2. The predicted molar refractivity (Wildman–Crippen MR) is 102 cm³/mol. The first kappa shape index (κ1) is 20.3. The van der Waals surface area contributed by atoms with E-state index in [1.165, 1.54) is 0 Å². The number of hydrogen-bond donors (Lipinski definition) is 2. The number of nitrogens with one attached hydrogen (secondary N) is 1. The fourth-order valence-corrected chi connectivity index (χ4v) is 2.31. The second-order valence-corrected chi connectivity index (χ2v) is 6.56. The Morgan fingerprint density at radius 2 is 1.78 bits per heavy atom. The highest BCUT2D eigenvalue weighted by Crippen LogP contribution is 2.15. The number of rotatable bonds is 10. The van der Waals surface area contributed by atoms with Crippen LogP contribution in [0.3, 0.4) is 0 Å². The van der Waals surface area contributed by atoms with Crippen molar-refractivity contribution in [3.8, 4) is 11.5 Å². The first-order valence-corrected chi connectivity index (χ1v) is 8.88. The summed E-state index contributed by atoms with van der Waals surface area (Å²) in [5, 5.41) is 11.5. The highest BCUT2D eigenvalue weighted by atomic mass is 16.5. The van der Waals surface area contributed by atoms with E-state index >= 15 is 0 Å². The van der Waals surface area contributed by atoms with Crippen LogP contribution in [-0.4, -0.2) is 36.7 Å². The molecule has 1 amide bonds. The highest BCUT2D eigenvalue weighted by Gasteiger charge is 2.07. The summed E-state index contributed by atoms with van der Waals surface area (Å²) in [5.74, 6) is 0.451. The number of amides is 1. The molecule has 0 aromatic heterocycles. The van der Waals surface area contributed by atoms with E-state index in [1.54, 1.807) is 30.3 Å². The number of hydrogen-bond acceptors (Lipinski definition) is 4. The first-order chi connectivity index (χ1) is 12.9. The number of aliphatic carboxylic acids is 1. The van der Waals surface area contributed by atoms with Crippen molar-refractivity contribution in [3.63, 3.8) is 0 Å². The van der Waals surface area contributed by atoms with E-state index in [9.17, 15) is 9.59 Å². The van der Waals surface area contributed by atoms with Crippen LogP contribution < -0.4 is 14.8 Å². The third kappa shape index (κ3) is 7.40. The summed E-state index contributed by atoms with van der Waals surface area (Å²) in [7, 11) is 0. The van der Waals surface area contributed by atoms with Gasteiger partial charge in [0, 0.05) is 12.1 Å². The minimum atomic E-state index is -1.01. The monoisotopic (exact) mass is 371 g/mol. The lowest BCUT2D eigenvalue weighted by Crippen LogP contribution is -2.25. The third-order valence-electron chi connectivity index (χ3n) is 3.66. The molecule has 2 rings (SSSR count). The van der Waals surface area contributed by atoms with Crippen LogP contribution in [0.25, 0.3) is 0 Å². The fraction of sp³-hybridized carbons (Fsp3) is 0.333. The van der Waals surface area contributed by atoms with Crippen molar-refractivity contribution in [3.05, 3.63) is 59.7 Å². The van der Waals surface area contributed by atoms with Crippen molar-refractivity contribution in [1.29, 1.82) is 0 Å². The molecule has 0 saturated carbocycles. The summed E-state index contributed by atoms with van der Waals surface area (Å²) in [6.07, 6.45) is 0.661. The number of ether oxygens (including phenoxy) is 2. The Kier molecular flexibility index (Phi) is 7.67. The number of carbonyl (C=O) groups is 2. The van der Waals surface area contributed by atoms with Gasteiger partial charge in [-0.25, -0.2) is 4.79 Å². The maximum atomic E-state index is 12.3. The Morgan fingerprint density at radius 1 is 1.04 bits per heavy atom. The van der Waals surface area contributed by atoms with Crippen molar-refractivity contribution >= 4 is 11.9 Å². The Morgan fingerprint density at radius 3 is 2.44 bits per heavy atom. The molecule has 2 aromatic rings. The van der Waals surface area contributed by atoms with Gasteiger partial charge in [-0.3, -0.25) is 4.79 Å². The van der Waals surface area contributed by atoms with Crippen LogP contribution in [0, 0.1) is 5.92 Å². The van der Waals surface area contributed by atoms with Crippen LogP contribution in [0.4, 0.5) is 0 Å². The van der Waals surface area contributed by atoms with Crippen LogP contribution in [0.15, 0.2) is 48.5 Å². The van der Waals surface area contributed by atoms with Crippen LogP contribution in [0.1, 0.15) is 29.8 Å². The molecule has 0 aliphatic heterocycles. The van der Waals surface area contributed by atoms with Gasteiger partial charge in [0.15, 0.2) is 6.61 Å². The fourth-order valence-electron chi connectivity index (χ4n) is 2.31. The number of benzene rings is 2. The van der Waals surface area contributed by atoms with Gasteiger partial charge in [-0.15, -0.1) is 0 Å². The molecule has 144 valence electrons. The Labute approximate surface area is 159 Å². The molecule has 0 atom stereocenters. The van der Waals surface area contributed by atoms with Gasteiger partial charge in [-0.05, 0) is 48.2 Å². The summed E-state index contributed by atoms with van der Waals surface area (Å²) in [6, 6.07) is 14.3. The van der Waals surface area contributed by atoms with E-state index in [4.69, 9.17) is 14.6 Å². The van der Waals surface area contributed by atoms with E-state index in [2.05, 4.69) is 19.2 Å². The molecular formula is C21H25NO5. The lowest BCUT2D eigenvalue weighted by atomic mass is 10.1. The summed E-state index contributed by atoms with van der Waals surface area (Å²) in [4.78, 5) is 22.8. The molecule has 0 aliphatic rings. The summed E-state index contributed by atoms with van der Waals surface area (Å²) >= 11 is 0. The molecule has 0 saturated heterocycles. The molecule has 0 fully saturated rings. The summed E-state index contributed by atoms with van der Waals surface area (Å²) in [6.45, 7) is 4.88. The molecule has 6 heteroatoms. The molecule has 0 unspecified atom stereocenters. The van der Waals surface area contributed by atoms with Gasteiger partial charge in [-0.1, -0.05) is 32.0 Å². The average molecular weight is 371 g/mol. The zero-order valence-electron chi connectivity index (χ0n) is 15.6. The maximum Gasteiger partial charge on any atom is 0.341 e. The van der Waals surface area contributed by atoms with Gasteiger partial charge >= 0.3 is 5.97 Å². The topological polar surface area (TPSA) is 84.9 Å². The van der Waals surface area contributed by atoms with Crippen LogP contribution in [0.2, 0.25) is 0 Å². The van der Waals surface area contributed by atoms with E-state index in [1.807, 2.05) is 18.2 Å². The maximum absolute atomic E-state index is 12.3. The SMILES string of the molecule is CC(C)COc1cccc(C(=O)NCCc2ccc(OCC(=O)O)cc2)c1. The van der Waals surface area contributed by atoms with Crippen LogP contribution in [0.5, 0.6) is 11.5 Å². The summed E-state index contributed by atoms with van der Waals surface area (Å²) < 4.78 is 10.7. The molecule has 0 radical (unpaired) electrons. The minimum absolute atomic E-state index is 0.147. The minimum Gasteiger partial charge on any atom is -0.493 e. The van der Waals surface area contributed by atoms with Gasteiger partial charge in [0.25, 0.3) is 5.91 Å². The lowest BCUT2D eigenvalue weighted by Gasteiger charge is -2.10. The normalized spacial score (nSPS) is 10.5. The van der Waals surface area contributed by atoms with Crippen LogP contribution in [-0.2, 0) is 11.2 Å². The van der Waals surface area contributed by atoms with Gasteiger partial charge in [-0.2, -0.15) is 0 Å². The highest BCUT2D eigenvalue weighted by molar-refractivity contribution is 5.94. The van der Waals surface area contributed by atoms with Crippen molar-refractivity contribution in [2.24, 2.45) is 5.92 Å². The van der Waals surface area contributed by atoms with Gasteiger partial charge < -0.3 is 19.9 Å². The quantitative estimate of drug-likeness (QED) is 0.670. The summed E-state index contributed by atoms with van der Waals surface area (Å²) in [5.41, 5.74) is 1.58. The molecule has 0 aliphatic carbocycles. The number of carbonyl (C=O) groups excluding carboxylic acids is 1. The van der Waals surface area contributed by atoms with Gasteiger partial charge in [0.05, 0.1) is 6.61 Å². The van der Waals surface area contributed by atoms with Gasteiger partial charge in [0.1, 0.15) is 11.5 Å². The van der Waals surface area contributed by atoms with E-state index in [0.29, 0.717) is 42.6 Å². The smallest absolute Gasteiger partial charge is 0.341 e. The van der Waals surface area contributed by atoms with E-state index < -0.39 is 5.97 Å². The number of carboxylic acids is 1. The van der Waals surface area contributed by atoms with E-state index in [0.717, 1.165) is 5.56 Å². The largest absolute Gasteiger partial charge is 0.493 e. The molecule has 27 heavy (non-hydrogen) atoms. The van der Waals surface area contributed by atoms with Gasteiger partial charge in [0.2, 0.25) is 0 Å². The Hall–Kier alpha value is -3.02. The Balaban J connectivity index is 1.80. The Bertz CT molecular complexity index is 755. The standard InChI is InChI=1S/C21H25NO5/c1-15(2)13-26-19-5-3-4-17(12-19)21(25)22-11-10-16-6-8-18(9-7-16)27-14-20(23)24/h3-9,12,15H,10-11,13-14H2,1-2H3,(H,22,25)(H,23,24). The zero-order valence-corrected chi connectivity index (χ0v) is 15.6. The molecular weight excluding hydrogens is 346 g/mol. The zero-order chi connectivity index (χ0) is 19.6. The third-order valence-corrected chi connectivity index (χ3v) is 3.66. The lowest BCUT2D eigenvalue weighted by molar-refractivity contribution is -0.139. The molecule has 0 bridgehead atoms. The first-order valence-electron chi connectivity index (χ1n) is 8.88. The van der Waals surface area contributed by atoms with Crippen LogP contribution >= 0.6 is 0 Å². The van der Waals surface area contributed by atoms with Crippen molar-refractivity contribution in [1.82, 2.24) is 5.32 Å². The van der Waals surface area contributed by atoms with Crippen molar-refractivity contribution in [2.75, 3.05) is 19.8 Å². The van der Waals surface area contributed by atoms with Crippen molar-refractivity contribution in [2.45, 2.75) is 20.3 Å². The molecule has 6 nitrogen and oxygen atoms in total. The molecule has 2 N–H and O–H groups in total. The number of carboxylic acid groups (broad SMARTS) is 1. The molecule has 0 heterocycles. The average Bonchev–Trinajstić information content (AvgIpc) is 2.66. The van der Waals surface area contributed by atoms with E-state index in [-0.39, 0.29) is 12.5 Å². The van der Waals surface area contributed by atoms with Crippen molar-refractivity contribution < 1.29 is 24.2 Å².